The second kappa shape index (κ2) is 5.11. The smallest absolute Gasteiger partial charge is 0.243 e. The highest BCUT2D eigenvalue weighted by Crippen LogP contribution is 2.25. The molecule has 1 aliphatic rings. The molecule has 4 nitrogen and oxygen atoms in total. The average Bonchev–Trinajstić information content (AvgIpc) is 2.36. The van der Waals surface area contributed by atoms with E-state index in [9.17, 15) is 8.42 Å². The van der Waals surface area contributed by atoms with Crippen LogP contribution in [0, 0.1) is 13.8 Å². The fourth-order valence-corrected chi connectivity index (χ4v) is 4.63. The van der Waals surface area contributed by atoms with Crippen molar-refractivity contribution in [3.8, 4) is 0 Å². The Morgan fingerprint density at radius 2 is 1.83 bits per heavy atom. The third-order valence-corrected chi connectivity index (χ3v) is 6.11. The molecule has 2 rings (SSSR count). The first-order chi connectivity index (χ1) is 8.43. The third kappa shape index (κ3) is 2.50. The van der Waals surface area contributed by atoms with Crippen LogP contribution in [-0.2, 0) is 10.0 Å². The van der Waals surface area contributed by atoms with E-state index in [4.69, 9.17) is 5.73 Å². The summed E-state index contributed by atoms with van der Waals surface area (Å²) in [7, 11) is -3.38. The first-order valence-electron chi connectivity index (χ1n) is 5.87. The maximum absolute atomic E-state index is 12.5. The van der Waals surface area contributed by atoms with Gasteiger partial charge in [0, 0.05) is 30.3 Å². The quantitative estimate of drug-likeness (QED) is 0.839. The lowest BCUT2D eigenvalue weighted by Crippen LogP contribution is -2.37. The van der Waals surface area contributed by atoms with Crippen LogP contribution in [0.1, 0.15) is 11.1 Å². The topological polar surface area (TPSA) is 63.4 Å². The van der Waals surface area contributed by atoms with Gasteiger partial charge in [0.05, 0.1) is 4.90 Å². The summed E-state index contributed by atoms with van der Waals surface area (Å²) in [6.07, 6.45) is 0. The van der Waals surface area contributed by atoms with Crippen LogP contribution in [0.4, 0.5) is 5.69 Å². The number of thioether (sulfide) groups is 1. The highest BCUT2D eigenvalue weighted by molar-refractivity contribution is 7.99. The molecule has 0 unspecified atom stereocenters. The molecule has 0 saturated carbocycles. The lowest BCUT2D eigenvalue weighted by atomic mass is 10.1. The lowest BCUT2D eigenvalue weighted by Gasteiger charge is -2.26. The molecule has 0 bridgehead atoms. The molecule has 18 heavy (non-hydrogen) atoms. The molecule has 0 aliphatic carbocycles. The summed E-state index contributed by atoms with van der Waals surface area (Å²) in [5.74, 6) is 1.72. The third-order valence-electron chi connectivity index (χ3n) is 3.29. The Hall–Kier alpha value is -0.720. The molecule has 1 aromatic rings. The van der Waals surface area contributed by atoms with Crippen LogP contribution in [0.5, 0.6) is 0 Å². The molecule has 0 aromatic heterocycles. The molecule has 100 valence electrons. The minimum atomic E-state index is -3.38. The van der Waals surface area contributed by atoms with Gasteiger partial charge < -0.3 is 5.73 Å². The number of nitrogens with zero attached hydrogens (tertiary/aromatic N) is 1. The lowest BCUT2D eigenvalue weighted by molar-refractivity contribution is 0.443. The van der Waals surface area contributed by atoms with Crippen molar-refractivity contribution in [2.45, 2.75) is 18.7 Å². The molecular weight excluding hydrogens is 268 g/mol. The van der Waals surface area contributed by atoms with Crippen molar-refractivity contribution in [3.05, 3.63) is 23.3 Å². The highest BCUT2D eigenvalue weighted by atomic mass is 32.2. The Labute approximate surface area is 113 Å². The van der Waals surface area contributed by atoms with Crippen LogP contribution in [0.3, 0.4) is 0 Å². The van der Waals surface area contributed by atoms with Crippen molar-refractivity contribution in [2.75, 3.05) is 30.3 Å². The maximum atomic E-state index is 12.5. The van der Waals surface area contributed by atoms with Gasteiger partial charge >= 0.3 is 0 Å². The van der Waals surface area contributed by atoms with E-state index in [0.29, 0.717) is 23.7 Å². The molecule has 1 aromatic carbocycles. The number of aryl methyl sites for hydroxylation is 1. The first-order valence-corrected chi connectivity index (χ1v) is 8.47. The van der Waals surface area contributed by atoms with E-state index in [1.165, 1.54) is 0 Å². The fourth-order valence-electron chi connectivity index (χ4n) is 1.94. The van der Waals surface area contributed by atoms with Gasteiger partial charge in [-0.2, -0.15) is 16.1 Å². The number of nitrogens with two attached hydrogens (primary N) is 1. The van der Waals surface area contributed by atoms with Gasteiger partial charge in [0.25, 0.3) is 0 Å². The van der Waals surface area contributed by atoms with Gasteiger partial charge in [-0.3, -0.25) is 0 Å². The normalized spacial score (nSPS) is 17.9. The first kappa shape index (κ1) is 13.7. The van der Waals surface area contributed by atoms with Crippen LogP contribution in [-0.4, -0.2) is 37.3 Å². The predicted molar refractivity (Wildman–Crippen MR) is 76.4 cm³/mol. The summed E-state index contributed by atoms with van der Waals surface area (Å²) < 4.78 is 26.5. The second-order valence-electron chi connectivity index (χ2n) is 4.47. The number of rotatable bonds is 2. The summed E-state index contributed by atoms with van der Waals surface area (Å²) in [6.45, 7) is 4.95. The zero-order valence-electron chi connectivity index (χ0n) is 10.6. The minimum Gasteiger partial charge on any atom is -0.398 e. The van der Waals surface area contributed by atoms with Crippen molar-refractivity contribution >= 4 is 27.5 Å². The number of sulfonamides is 1. The van der Waals surface area contributed by atoms with Crippen LogP contribution in [0.15, 0.2) is 17.0 Å². The summed E-state index contributed by atoms with van der Waals surface area (Å²) in [5.41, 5.74) is 8.27. The molecule has 6 heteroatoms. The second-order valence-corrected chi connectivity index (χ2v) is 7.63. The van der Waals surface area contributed by atoms with Gasteiger partial charge in [0.2, 0.25) is 10.0 Å². The van der Waals surface area contributed by atoms with Crippen LogP contribution in [0.25, 0.3) is 0 Å². The molecular formula is C12H18N2O2S2. The van der Waals surface area contributed by atoms with Crippen LogP contribution in [0.2, 0.25) is 0 Å². The van der Waals surface area contributed by atoms with E-state index in [-0.39, 0.29) is 0 Å². The van der Waals surface area contributed by atoms with Gasteiger partial charge in [0.15, 0.2) is 0 Å². The van der Waals surface area contributed by atoms with Gasteiger partial charge in [-0.15, -0.1) is 0 Å². The number of hydrogen-bond acceptors (Lipinski definition) is 4. The molecule has 1 fully saturated rings. The molecule has 1 heterocycles. The van der Waals surface area contributed by atoms with Crippen LogP contribution >= 0.6 is 11.8 Å². The standard InChI is InChI=1S/C12H18N2O2S2/c1-9-7-11(8-12(13)10(9)2)18(15,16)14-3-5-17-6-4-14/h7-8H,3-6,13H2,1-2H3. The molecule has 2 N–H and O–H groups in total. The maximum Gasteiger partial charge on any atom is 0.243 e. The monoisotopic (exact) mass is 286 g/mol. The predicted octanol–water partition coefficient (Wildman–Crippen LogP) is 1.62. The van der Waals surface area contributed by atoms with E-state index < -0.39 is 10.0 Å². The summed E-state index contributed by atoms with van der Waals surface area (Å²) in [4.78, 5) is 0.315. The minimum absolute atomic E-state index is 0.315. The van der Waals surface area contributed by atoms with Gasteiger partial charge in [-0.25, -0.2) is 8.42 Å². The summed E-state index contributed by atoms with van der Waals surface area (Å²) >= 11 is 1.79. The Bertz CT molecular complexity index is 526. The summed E-state index contributed by atoms with van der Waals surface area (Å²) in [5, 5.41) is 0. The zero-order valence-corrected chi connectivity index (χ0v) is 12.3. The van der Waals surface area contributed by atoms with Crippen molar-refractivity contribution in [3.63, 3.8) is 0 Å². The fraction of sp³-hybridized carbons (Fsp3) is 0.500. The molecule has 0 radical (unpaired) electrons. The van der Waals surface area contributed by atoms with E-state index in [1.807, 2.05) is 13.8 Å². The summed E-state index contributed by atoms with van der Waals surface area (Å²) in [6, 6.07) is 3.28. The Morgan fingerprint density at radius 1 is 1.22 bits per heavy atom. The SMILES string of the molecule is Cc1cc(S(=O)(=O)N2CCSCC2)cc(N)c1C. The highest BCUT2D eigenvalue weighted by Gasteiger charge is 2.26. The van der Waals surface area contributed by atoms with Crippen molar-refractivity contribution in [1.29, 1.82) is 0 Å². The largest absolute Gasteiger partial charge is 0.398 e. The van der Waals surface area contributed by atoms with Gasteiger partial charge in [-0.05, 0) is 37.1 Å². The van der Waals surface area contributed by atoms with Crippen LogP contribution < -0.4 is 5.73 Å². The Balaban J connectivity index is 2.41. The van der Waals surface area contributed by atoms with Crippen molar-refractivity contribution in [1.82, 2.24) is 4.31 Å². The van der Waals surface area contributed by atoms with Gasteiger partial charge in [-0.1, -0.05) is 0 Å². The van der Waals surface area contributed by atoms with E-state index >= 15 is 0 Å². The van der Waals surface area contributed by atoms with Crippen molar-refractivity contribution in [2.24, 2.45) is 0 Å². The molecule has 0 atom stereocenters. The molecule has 0 amide bonds. The molecule has 1 aliphatic heterocycles. The number of anilines is 1. The molecule has 0 spiro atoms. The van der Waals surface area contributed by atoms with E-state index in [0.717, 1.165) is 22.6 Å². The van der Waals surface area contributed by atoms with E-state index in [1.54, 1.807) is 28.2 Å². The Morgan fingerprint density at radius 3 is 2.39 bits per heavy atom. The average molecular weight is 286 g/mol. The Kier molecular flexibility index (Phi) is 3.89. The number of nitrogen functional groups attached to an aromatic ring is 1. The number of benzene rings is 1. The zero-order chi connectivity index (χ0) is 13.3. The van der Waals surface area contributed by atoms with Gasteiger partial charge in [0.1, 0.15) is 0 Å². The molecule has 1 saturated heterocycles. The van der Waals surface area contributed by atoms with Crippen molar-refractivity contribution < 1.29 is 8.42 Å². The number of hydrogen-bond donors (Lipinski definition) is 1. The van der Waals surface area contributed by atoms with E-state index in [2.05, 4.69) is 0 Å².